The standard InChI is InChI=1S/C15H11ClN2OS/c16-11-7-4-8-12-13(11)20-15(18-12)14(19)17-9-10-5-2-1-3-6-10/h1-8H,9H2,(H,17,19). The summed E-state index contributed by atoms with van der Waals surface area (Å²) in [6, 6.07) is 15.2. The third-order valence-electron chi connectivity index (χ3n) is 2.86. The third kappa shape index (κ3) is 2.66. The maximum absolute atomic E-state index is 12.1. The van der Waals surface area contributed by atoms with Crippen molar-refractivity contribution >= 4 is 39.1 Å². The van der Waals surface area contributed by atoms with Crippen molar-refractivity contribution in [1.29, 1.82) is 0 Å². The Bertz CT molecular complexity index is 755. The van der Waals surface area contributed by atoms with E-state index in [1.807, 2.05) is 42.5 Å². The largest absolute Gasteiger partial charge is 0.346 e. The molecule has 1 heterocycles. The van der Waals surface area contributed by atoms with Gasteiger partial charge in [0, 0.05) is 6.54 Å². The average molecular weight is 303 g/mol. The zero-order valence-corrected chi connectivity index (χ0v) is 12.0. The summed E-state index contributed by atoms with van der Waals surface area (Å²) in [4.78, 5) is 16.4. The smallest absolute Gasteiger partial charge is 0.280 e. The minimum absolute atomic E-state index is 0.175. The molecule has 0 atom stereocenters. The minimum Gasteiger partial charge on any atom is -0.346 e. The molecule has 1 aromatic heterocycles. The summed E-state index contributed by atoms with van der Waals surface area (Å²) in [5.74, 6) is -0.175. The molecular weight excluding hydrogens is 292 g/mol. The number of benzene rings is 2. The molecule has 3 nitrogen and oxygen atoms in total. The quantitative estimate of drug-likeness (QED) is 0.798. The van der Waals surface area contributed by atoms with Crippen LogP contribution in [0.2, 0.25) is 5.02 Å². The number of carbonyl (C=O) groups excluding carboxylic acids is 1. The van der Waals surface area contributed by atoms with E-state index < -0.39 is 0 Å². The number of amides is 1. The summed E-state index contributed by atoms with van der Waals surface area (Å²) in [5, 5.41) is 3.92. The van der Waals surface area contributed by atoms with Crippen LogP contribution in [0.3, 0.4) is 0 Å². The van der Waals surface area contributed by atoms with E-state index in [2.05, 4.69) is 10.3 Å². The molecule has 0 aliphatic heterocycles. The molecule has 0 saturated heterocycles. The molecule has 1 N–H and O–H groups in total. The first kappa shape index (κ1) is 13.1. The predicted molar refractivity (Wildman–Crippen MR) is 82.2 cm³/mol. The Hall–Kier alpha value is -1.91. The highest BCUT2D eigenvalue weighted by atomic mass is 35.5. The van der Waals surface area contributed by atoms with Crippen LogP contribution in [0.15, 0.2) is 48.5 Å². The third-order valence-corrected chi connectivity index (χ3v) is 4.39. The Labute approximate surface area is 125 Å². The summed E-state index contributed by atoms with van der Waals surface area (Å²) in [6.07, 6.45) is 0. The van der Waals surface area contributed by atoms with Gasteiger partial charge in [-0.05, 0) is 17.7 Å². The first-order chi connectivity index (χ1) is 9.74. The van der Waals surface area contributed by atoms with Crippen LogP contribution in [0.25, 0.3) is 10.2 Å². The molecule has 0 spiro atoms. The summed E-state index contributed by atoms with van der Waals surface area (Å²) in [6.45, 7) is 0.489. The van der Waals surface area contributed by atoms with Crippen LogP contribution < -0.4 is 5.32 Å². The van der Waals surface area contributed by atoms with Gasteiger partial charge in [-0.1, -0.05) is 48.0 Å². The van der Waals surface area contributed by atoms with Crippen molar-refractivity contribution in [1.82, 2.24) is 10.3 Å². The Kier molecular flexibility index (Phi) is 3.67. The van der Waals surface area contributed by atoms with E-state index in [0.717, 1.165) is 15.8 Å². The Balaban J connectivity index is 1.77. The zero-order valence-electron chi connectivity index (χ0n) is 10.5. The normalized spacial score (nSPS) is 10.7. The van der Waals surface area contributed by atoms with Gasteiger partial charge >= 0.3 is 0 Å². The van der Waals surface area contributed by atoms with Crippen LogP contribution >= 0.6 is 22.9 Å². The van der Waals surface area contributed by atoms with E-state index in [1.54, 1.807) is 6.07 Å². The number of thiazole rings is 1. The van der Waals surface area contributed by atoms with Gasteiger partial charge in [-0.3, -0.25) is 4.79 Å². The van der Waals surface area contributed by atoms with Gasteiger partial charge in [0.25, 0.3) is 5.91 Å². The monoisotopic (exact) mass is 302 g/mol. The van der Waals surface area contributed by atoms with Gasteiger partial charge in [0.2, 0.25) is 0 Å². The summed E-state index contributed by atoms with van der Waals surface area (Å²) in [7, 11) is 0. The molecule has 5 heteroatoms. The number of nitrogens with one attached hydrogen (secondary N) is 1. The number of halogens is 1. The van der Waals surface area contributed by atoms with Crippen molar-refractivity contribution in [3.05, 3.63) is 64.1 Å². The van der Waals surface area contributed by atoms with Crippen molar-refractivity contribution in [3.63, 3.8) is 0 Å². The van der Waals surface area contributed by atoms with Gasteiger partial charge in [-0.15, -0.1) is 11.3 Å². The van der Waals surface area contributed by atoms with E-state index in [-0.39, 0.29) is 5.91 Å². The molecule has 3 rings (SSSR count). The van der Waals surface area contributed by atoms with Crippen LogP contribution in [-0.4, -0.2) is 10.9 Å². The maximum atomic E-state index is 12.1. The van der Waals surface area contributed by atoms with E-state index in [0.29, 0.717) is 16.6 Å². The lowest BCUT2D eigenvalue weighted by Crippen LogP contribution is -2.22. The van der Waals surface area contributed by atoms with Crippen LogP contribution in [0, 0.1) is 0 Å². The lowest BCUT2D eigenvalue weighted by Gasteiger charge is -2.02. The predicted octanol–water partition coefficient (Wildman–Crippen LogP) is 3.88. The van der Waals surface area contributed by atoms with E-state index in [1.165, 1.54) is 11.3 Å². The number of carbonyl (C=O) groups is 1. The second-order valence-corrected chi connectivity index (χ2v) is 5.68. The second-order valence-electron chi connectivity index (χ2n) is 4.28. The first-order valence-electron chi connectivity index (χ1n) is 6.11. The van der Waals surface area contributed by atoms with Crippen LogP contribution in [-0.2, 0) is 6.54 Å². The average Bonchev–Trinajstić information content (AvgIpc) is 2.91. The Morgan fingerprint density at radius 2 is 1.95 bits per heavy atom. The van der Waals surface area contributed by atoms with E-state index >= 15 is 0 Å². The van der Waals surface area contributed by atoms with E-state index in [4.69, 9.17) is 11.6 Å². The zero-order chi connectivity index (χ0) is 13.9. The topological polar surface area (TPSA) is 42.0 Å². The molecule has 3 aromatic rings. The van der Waals surface area contributed by atoms with Gasteiger partial charge in [0.05, 0.1) is 15.2 Å². The maximum Gasteiger partial charge on any atom is 0.280 e. The lowest BCUT2D eigenvalue weighted by molar-refractivity contribution is 0.0951. The highest BCUT2D eigenvalue weighted by Gasteiger charge is 2.13. The molecule has 0 aliphatic rings. The van der Waals surface area contributed by atoms with Crippen molar-refractivity contribution < 1.29 is 4.79 Å². The fourth-order valence-corrected chi connectivity index (χ4v) is 3.04. The molecular formula is C15H11ClN2OS. The molecule has 100 valence electrons. The molecule has 0 bridgehead atoms. The summed E-state index contributed by atoms with van der Waals surface area (Å²) < 4.78 is 0.846. The van der Waals surface area contributed by atoms with E-state index in [9.17, 15) is 4.79 Å². The minimum atomic E-state index is -0.175. The highest BCUT2D eigenvalue weighted by molar-refractivity contribution is 7.20. The van der Waals surface area contributed by atoms with Crippen molar-refractivity contribution in [2.45, 2.75) is 6.54 Å². The SMILES string of the molecule is O=C(NCc1ccccc1)c1nc2cccc(Cl)c2s1. The number of rotatable bonds is 3. The van der Waals surface area contributed by atoms with Crippen LogP contribution in [0.1, 0.15) is 15.4 Å². The van der Waals surface area contributed by atoms with Gasteiger partial charge in [-0.2, -0.15) is 0 Å². The Morgan fingerprint density at radius 3 is 2.70 bits per heavy atom. The Morgan fingerprint density at radius 1 is 1.15 bits per heavy atom. The first-order valence-corrected chi connectivity index (χ1v) is 7.30. The van der Waals surface area contributed by atoms with Gasteiger partial charge in [0.15, 0.2) is 5.01 Å². The fraction of sp³-hybridized carbons (Fsp3) is 0.0667. The second kappa shape index (κ2) is 5.61. The molecule has 0 unspecified atom stereocenters. The number of aromatic nitrogens is 1. The lowest BCUT2D eigenvalue weighted by atomic mass is 10.2. The number of hydrogen-bond acceptors (Lipinski definition) is 3. The molecule has 2 aromatic carbocycles. The molecule has 20 heavy (non-hydrogen) atoms. The van der Waals surface area contributed by atoms with Crippen molar-refractivity contribution in [2.24, 2.45) is 0 Å². The molecule has 0 fully saturated rings. The van der Waals surface area contributed by atoms with Crippen LogP contribution in [0.5, 0.6) is 0 Å². The van der Waals surface area contributed by atoms with Gasteiger partial charge in [-0.25, -0.2) is 4.98 Å². The van der Waals surface area contributed by atoms with Crippen molar-refractivity contribution in [2.75, 3.05) is 0 Å². The van der Waals surface area contributed by atoms with Gasteiger partial charge < -0.3 is 5.32 Å². The molecule has 1 amide bonds. The fourth-order valence-electron chi connectivity index (χ4n) is 1.87. The number of fused-ring (bicyclic) bond motifs is 1. The van der Waals surface area contributed by atoms with Crippen LogP contribution in [0.4, 0.5) is 0 Å². The number of hydrogen-bond donors (Lipinski definition) is 1. The summed E-state index contributed by atoms with van der Waals surface area (Å²) in [5.41, 5.74) is 1.81. The number of nitrogens with zero attached hydrogens (tertiary/aromatic N) is 1. The van der Waals surface area contributed by atoms with Crippen molar-refractivity contribution in [3.8, 4) is 0 Å². The molecule has 0 aliphatic carbocycles. The molecule has 0 radical (unpaired) electrons. The highest BCUT2D eigenvalue weighted by Crippen LogP contribution is 2.28. The van der Waals surface area contributed by atoms with Gasteiger partial charge in [0.1, 0.15) is 0 Å². The summed E-state index contributed by atoms with van der Waals surface area (Å²) >= 11 is 7.40. The molecule has 0 saturated carbocycles.